The highest BCUT2D eigenvalue weighted by atomic mass is 32.5. The first kappa shape index (κ1) is 27.2. The molecule has 3 aromatic carbocycles. The summed E-state index contributed by atoms with van der Waals surface area (Å²) >= 11 is 0. The molecule has 0 aromatic heterocycles. The molecule has 0 aliphatic carbocycles. The van der Waals surface area contributed by atoms with Gasteiger partial charge in [-0.25, -0.2) is 0 Å². The van der Waals surface area contributed by atoms with Gasteiger partial charge in [0.25, 0.3) is 5.91 Å². The van der Waals surface area contributed by atoms with Crippen molar-refractivity contribution < 1.29 is 38.9 Å². The van der Waals surface area contributed by atoms with E-state index in [1.54, 1.807) is 24.0 Å². The summed E-state index contributed by atoms with van der Waals surface area (Å²) < 4.78 is 69.7. The van der Waals surface area contributed by atoms with Gasteiger partial charge >= 0.3 is 10.2 Å². The predicted molar refractivity (Wildman–Crippen MR) is 134 cm³/mol. The van der Waals surface area contributed by atoms with Gasteiger partial charge in [-0.15, -0.1) is 0 Å². The largest absolute Gasteiger partial charge is 0.508 e. The van der Waals surface area contributed by atoms with Crippen LogP contribution in [0.25, 0.3) is 0 Å². The van der Waals surface area contributed by atoms with Crippen LogP contribution in [0.1, 0.15) is 28.8 Å². The van der Waals surface area contributed by atoms with Crippen LogP contribution in [0.5, 0.6) is 17.2 Å². The van der Waals surface area contributed by atoms with E-state index in [0.717, 1.165) is 12.1 Å². The van der Waals surface area contributed by atoms with Gasteiger partial charge in [-0.3, -0.25) is 9.59 Å². The lowest BCUT2D eigenvalue weighted by Crippen LogP contribution is -2.43. The third-order valence-electron chi connectivity index (χ3n) is 6.15. The molecule has 1 fully saturated rings. The van der Waals surface area contributed by atoms with Gasteiger partial charge in [0.1, 0.15) is 22.1 Å². The Kier molecular flexibility index (Phi) is 6.59. The number of amides is 2. The molecule has 1 saturated heterocycles. The number of phenolic OH excluding ortho intramolecular Hbond substituents is 1. The maximum atomic E-state index is 12.9. The fraction of sp³-hybridized carbons (Fsp3) is 0.231. The number of carbonyl (C=O) groups excluding carboxylic acids is 2. The Morgan fingerprint density at radius 3 is 2.13 bits per heavy atom. The van der Waals surface area contributed by atoms with Gasteiger partial charge in [0.15, 0.2) is 0 Å². The molecule has 1 aliphatic heterocycles. The molecule has 0 radical (unpaired) electrons. The number of anilines is 1. The van der Waals surface area contributed by atoms with Crippen LogP contribution in [-0.4, -0.2) is 34.9 Å². The zero-order valence-electron chi connectivity index (χ0n) is 20.2. The van der Waals surface area contributed by atoms with Crippen LogP contribution in [0, 0.1) is 12.8 Å². The zero-order valence-corrected chi connectivity index (χ0v) is 21.0. The molecule has 0 bridgehead atoms. The second-order valence-electron chi connectivity index (χ2n) is 9.15. The van der Waals surface area contributed by atoms with Gasteiger partial charge < -0.3 is 20.1 Å². The van der Waals surface area contributed by atoms with Gasteiger partial charge in [-0.1, -0.05) is 19.4 Å². The van der Waals surface area contributed by atoms with E-state index in [2.05, 4.69) is 5.32 Å². The average molecular weight is 557 g/mol. The lowest BCUT2D eigenvalue weighted by atomic mass is 9.96. The Morgan fingerprint density at radius 1 is 0.947 bits per heavy atom. The minimum atomic E-state index is -9.75. The third kappa shape index (κ3) is 6.55. The number of nitrogens with one attached hydrogen (secondary N) is 1. The molecular formula is C26H25F5N2O4S. The highest BCUT2D eigenvalue weighted by Gasteiger charge is 2.65. The normalized spacial score (nSPS) is 17.7. The second-order valence-corrected chi connectivity index (χ2v) is 11.6. The van der Waals surface area contributed by atoms with Crippen LogP contribution in [0.2, 0.25) is 0 Å². The van der Waals surface area contributed by atoms with Gasteiger partial charge in [0, 0.05) is 24.3 Å². The van der Waals surface area contributed by atoms with E-state index in [0.29, 0.717) is 36.2 Å². The number of hydrogen-bond donors (Lipinski definition) is 2. The third-order valence-corrected chi connectivity index (χ3v) is 7.31. The summed E-state index contributed by atoms with van der Waals surface area (Å²) in [6, 6.07) is 12.8. The Morgan fingerprint density at radius 2 is 1.55 bits per heavy atom. The first-order valence-corrected chi connectivity index (χ1v) is 13.6. The molecule has 1 unspecified atom stereocenters. The molecule has 0 saturated carbocycles. The number of nitrogens with zero attached hydrogens (tertiary/aromatic N) is 1. The van der Waals surface area contributed by atoms with Crippen LogP contribution in [0.4, 0.5) is 25.1 Å². The molecule has 204 valence electrons. The Balaban J connectivity index is 1.35. The van der Waals surface area contributed by atoms with Crippen molar-refractivity contribution >= 4 is 27.7 Å². The summed E-state index contributed by atoms with van der Waals surface area (Å²) in [5, 5.41) is 12.5. The molecule has 1 aliphatic rings. The van der Waals surface area contributed by atoms with Crippen molar-refractivity contribution in [2.45, 2.75) is 24.7 Å². The van der Waals surface area contributed by atoms with Crippen molar-refractivity contribution in [3.63, 3.8) is 0 Å². The number of aryl methyl sites for hydroxylation is 1. The van der Waals surface area contributed by atoms with E-state index >= 15 is 0 Å². The van der Waals surface area contributed by atoms with Crippen LogP contribution in [0.15, 0.2) is 71.6 Å². The van der Waals surface area contributed by atoms with E-state index in [9.17, 15) is 34.1 Å². The number of piperidine rings is 1. The summed E-state index contributed by atoms with van der Waals surface area (Å²) in [6.45, 7) is 2.44. The summed E-state index contributed by atoms with van der Waals surface area (Å²) in [6.07, 6.45) is 1.24. The number of aromatic hydroxyl groups is 1. The van der Waals surface area contributed by atoms with Gasteiger partial charge in [0.2, 0.25) is 5.91 Å². The average Bonchev–Trinajstić information content (AvgIpc) is 2.85. The Hall–Kier alpha value is -3.80. The minimum absolute atomic E-state index is 0.0665. The molecule has 38 heavy (non-hydrogen) atoms. The summed E-state index contributed by atoms with van der Waals surface area (Å²) in [4.78, 5) is 25.3. The quantitative estimate of drug-likeness (QED) is 0.306. The highest BCUT2D eigenvalue weighted by Crippen LogP contribution is 3.02. The van der Waals surface area contributed by atoms with Gasteiger partial charge in [0.05, 0.1) is 5.92 Å². The van der Waals surface area contributed by atoms with Crippen molar-refractivity contribution in [1.29, 1.82) is 0 Å². The highest BCUT2D eigenvalue weighted by molar-refractivity contribution is 8.45. The van der Waals surface area contributed by atoms with Crippen molar-refractivity contribution in [1.82, 2.24) is 4.90 Å². The second kappa shape index (κ2) is 9.19. The first-order valence-electron chi connectivity index (χ1n) is 11.6. The van der Waals surface area contributed by atoms with E-state index in [-0.39, 0.29) is 47.7 Å². The van der Waals surface area contributed by atoms with E-state index in [1.165, 1.54) is 30.3 Å². The first-order chi connectivity index (χ1) is 17.6. The van der Waals surface area contributed by atoms with Crippen LogP contribution >= 0.6 is 10.2 Å². The van der Waals surface area contributed by atoms with Gasteiger partial charge in [-0.2, -0.15) is 0 Å². The monoisotopic (exact) mass is 556 g/mol. The standard InChI is InChI=1S/C26H25F5N2O4S/c1-17-15-18(4-13-24(17)34)26(36)33-14-2-3-19(16-33)25(35)32-20-5-7-21(8-6-20)37-22-9-11-23(12-10-22)38(27,28,29,30)31/h4-13,15,19,34H,2-3,14,16H2,1H3,(H,32,35). The van der Waals surface area contributed by atoms with Crippen molar-refractivity contribution in [2.24, 2.45) is 5.92 Å². The van der Waals surface area contributed by atoms with Crippen molar-refractivity contribution in [2.75, 3.05) is 18.4 Å². The minimum Gasteiger partial charge on any atom is -0.508 e. The fourth-order valence-corrected chi connectivity index (χ4v) is 4.75. The van der Waals surface area contributed by atoms with Crippen LogP contribution < -0.4 is 10.1 Å². The Bertz CT molecular complexity index is 1360. The number of benzene rings is 3. The zero-order chi connectivity index (χ0) is 27.8. The molecule has 1 atom stereocenters. The number of hydrogen-bond acceptors (Lipinski definition) is 4. The van der Waals surface area contributed by atoms with Crippen molar-refractivity contribution in [3.8, 4) is 17.2 Å². The molecule has 6 nitrogen and oxygen atoms in total. The van der Waals surface area contributed by atoms with Crippen LogP contribution in [0.3, 0.4) is 0 Å². The summed E-state index contributed by atoms with van der Waals surface area (Å²) in [5.41, 5.74) is 1.45. The maximum Gasteiger partial charge on any atom is 0.310 e. The molecule has 12 heteroatoms. The number of halogens is 5. The molecule has 4 rings (SSSR count). The number of phenols is 1. The maximum absolute atomic E-state index is 12.9. The van der Waals surface area contributed by atoms with Gasteiger partial charge in [-0.05, 0) is 92.1 Å². The van der Waals surface area contributed by atoms with Crippen LogP contribution in [-0.2, 0) is 4.79 Å². The predicted octanol–water partition coefficient (Wildman–Crippen LogP) is 7.64. The topological polar surface area (TPSA) is 78.9 Å². The molecule has 3 aromatic rings. The summed E-state index contributed by atoms with van der Waals surface area (Å²) in [5.74, 6) is -0.677. The smallest absolute Gasteiger partial charge is 0.310 e. The number of ether oxygens (including phenoxy) is 1. The molecular weight excluding hydrogens is 531 g/mol. The summed E-state index contributed by atoms with van der Waals surface area (Å²) in [7, 11) is -9.75. The van der Waals surface area contributed by atoms with E-state index < -0.39 is 21.0 Å². The van der Waals surface area contributed by atoms with E-state index in [4.69, 9.17) is 4.74 Å². The molecule has 2 N–H and O–H groups in total. The van der Waals surface area contributed by atoms with Crippen molar-refractivity contribution in [3.05, 3.63) is 77.9 Å². The van der Waals surface area contributed by atoms with E-state index in [1.807, 2.05) is 0 Å². The SMILES string of the molecule is Cc1cc(C(=O)N2CCCC(C(=O)Nc3ccc(Oc4ccc(S(F)(F)(F)(F)F)cc4)cc3)C2)ccc1O. The Labute approximate surface area is 215 Å². The fourth-order valence-electron chi connectivity index (χ4n) is 4.10. The lowest BCUT2D eigenvalue weighted by molar-refractivity contribution is -0.121. The lowest BCUT2D eigenvalue weighted by Gasteiger charge is -2.40. The molecule has 2 amide bonds. The number of carbonyl (C=O) groups is 2. The molecule has 1 heterocycles. The number of rotatable bonds is 6. The number of likely N-dealkylation sites (tertiary alicyclic amines) is 1. The molecule has 0 spiro atoms.